The van der Waals surface area contributed by atoms with Gasteiger partial charge in [-0.05, 0) is 24.3 Å². The molecule has 0 aliphatic heterocycles. The number of aliphatic hydroxyl groups is 1. The topological polar surface area (TPSA) is 29.5 Å². The van der Waals surface area contributed by atoms with Crippen LogP contribution in [0.4, 0.5) is 0 Å². The molecule has 2 nitrogen and oxygen atoms in total. The highest BCUT2D eigenvalue weighted by atomic mass is 16.5. The minimum atomic E-state index is -0.904. The molecule has 1 atom stereocenters. The maximum absolute atomic E-state index is 11.2. The van der Waals surface area contributed by atoms with Gasteiger partial charge < -0.3 is 9.84 Å². The van der Waals surface area contributed by atoms with Crippen LogP contribution in [0.15, 0.2) is 24.3 Å². The van der Waals surface area contributed by atoms with E-state index in [-0.39, 0.29) is 11.3 Å². The van der Waals surface area contributed by atoms with Crippen LogP contribution in [0.5, 0.6) is 5.75 Å². The van der Waals surface area contributed by atoms with Crippen LogP contribution in [-0.4, -0.2) is 11.7 Å². The number of hydrogen-bond acceptors (Lipinski definition) is 2. The van der Waals surface area contributed by atoms with Crippen molar-refractivity contribution < 1.29 is 9.84 Å². The van der Waals surface area contributed by atoms with Gasteiger partial charge in [0.1, 0.15) is 11.4 Å². The summed E-state index contributed by atoms with van der Waals surface area (Å²) in [4.78, 5) is 0. The van der Waals surface area contributed by atoms with Gasteiger partial charge in [0.05, 0.1) is 6.61 Å². The van der Waals surface area contributed by atoms with Gasteiger partial charge in [0.25, 0.3) is 0 Å². The first-order valence-electron chi connectivity index (χ1n) is 6.69. The van der Waals surface area contributed by atoms with E-state index in [0.29, 0.717) is 6.61 Å². The molecule has 0 fully saturated rings. The predicted molar refractivity (Wildman–Crippen MR) is 75.8 cm³/mol. The lowest BCUT2D eigenvalue weighted by Gasteiger charge is -2.44. The lowest BCUT2D eigenvalue weighted by molar-refractivity contribution is -0.103. The molecule has 18 heavy (non-hydrogen) atoms. The zero-order valence-corrected chi connectivity index (χ0v) is 12.4. The van der Waals surface area contributed by atoms with Gasteiger partial charge >= 0.3 is 0 Å². The molecular formula is C16H26O2. The van der Waals surface area contributed by atoms with Gasteiger partial charge in [-0.3, -0.25) is 0 Å². The summed E-state index contributed by atoms with van der Waals surface area (Å²) in [6.07, 6.45) is 0. The van der Waals surface area contributed by atoms with Crippen LogP contribution < -0.4 is 4.74 Å². The summed E-state index contributed by atoms with van der Waals surface area (Å²) in [6, 6.07) is 7.79. The van der Waals surface area contributed by atoms with Crippen molar-refractivity contribution in [1.29, 1.82) is 0 Å². The summed E-state index contributed by atoms with van der Waals surface area (Å²) in [5, 5.41) is 11.2. The minimum absolute atomic E-state index is 0.110. The van der Waals surface area contributed by atoms with Crippen LogP contribution in [0, 0.1) is 11.3 Å². The van der Waals surface area contributed by atoms with Gasteiger partial charge in [-0.15, -0.1) is 0 Å². The molecule has 0 heterocycles. The molecule has 0 unspecified atom stereocenters. The molecular weight excluding hydrogens is 224 g/mol. The molecule has 0 spiro atoms. The highest BCUT2D eigenvalue weighted by Gasteiger charge is 2.45. The Labute approximate surface area is 111 Å². The van der Waals surface area contributed by atoms with Crippen molar-refractivity contribution in [3.05, 3.63) is 29.8 Å². The lowest BCUT2D eigenvalue weighted by Crippen LogP contribution is -2.44. The standard InChI is InChI=1S/C16H26O2/c1-7-18-14-11-9-8-10-13(14)16(17,12(2)3)15(4,5)6/h8-12,17H,7H2,1-6H3/t16-/m1/s1. The van der Waals surface area contributed by atoms with E-state index < -0.39 is 5.60 Å². The van der Waals surface area contributed by atoms with Gasteiger partial charge in [-0.25, -0.2) is 0 Å². The summed E-state index contributed by atoms with van der Waals surface area (Å²) in [5.74, 6) is 0.894. The zero-order chi connectivity index (χ0) is 14.0. The van der Waals surface area contributed by atoms with Crippen LogP contribution in [0.3, 0.4) is 0 Å². The van der Waals surface area contributed by atoms with Crippen LogP contribution in [-0.2, 0) is 5.60 Å². The fraction of sp³-hybridized carbons (Fsp3) is 0.625. The molecule has 0 aromatic heterocycles. The molecule has 0 saturated carbocycles. The van der Waals surface area contributed by atoms with Crippen molar-refractivity contribution in [2.45, 2.75) is 47.1 Å². The van der Waals surface area contributed by atoms with Crippen LogP contribution in [0.1, 0.15) is 47.1 Å². The molecule has 1 aromatic rings. The van der Waals surface area contributed by atoms with Crippen molar-refractivity contribution >= 4 is 0 Å². The van der Waals surface area contributed by atoms with Gasteiger partial charge in [0.2, 0.25) is 0 Å². The van der Waals surface area contributed by atoms with Gasteiger partial charge in [-0.1, -0.05) is 52.8 Å². The van der Waals surface area contributed by atoms with E-state index in [9.17, 15) is 5.11 Å². The average molecular weight is 250 g/mol. The van der Waals surface area contributed by atoms with Crippen LogP contribution in [0.2, 0.25) is 0 Å². The molecule has 102 valence electrons. The SMILES string of the molecule is CCOc1ccccc1[C@](O)(C(C)C)C(C)(C)C. The molecule has 2 heteroatoms. The van der Waals surface area contributed by atoms with Crippen molar-refractivity contribution in [1.82, 2.24) is 0 Å². The van der Waals surface area contributed by atoms with Crippen LogP contribution >= 0.6 is 0 Å². The second kappa shape index (κ2) is 5.31. The first-order chi connectivity index (χ1) is 8.25. The molecule has 0 aliphatic rings. The molecule has 0 amide bonds. The van der Waals surface area contributed by atoms with E-state index in [0.717, 1.165) is 11.3 Å². The Morgan fingerprint density at radius 2 is 1.72 bits per heavy atom. The Kier molecular flexibility index (Phi) is 4.44. The quantitative estimate of drug-likeness (QED) is 0.876. The molecule has 1 rings (SSSR count). The summed E-state index contributed by atoms with van der Waals surface area (Å²) >= 11 is 0. The second-order valence-corrected chi connectivity index (χ2v) is 6.10. The predicted octanol–water partition coefficient (Wildman–Crippen LogP) is 3.98. The molecule has 0 radical (unpaired) electrons. The van der Waals surface area contributed by atoms with Crippen molar-refractivity contribution in [2.24, 2.45) is 11.3 Å². The highest BCUT2D eigenvalue weighted by molar-refractivity contribution is 5.39. The maximum Gasteiger partial charge on any atom is 0.125 e. The minimum Gasteiger partial charge on any atom is -0.493 e. The van der Waals surface area contributed by atoms with Gasteiger partial charge in [-0.2, -0.15) is 0 Å². The second-order valence-electron chi connectivity index (χ2n) is 6.10. The Hall–Kier alpha value is -1.02. The third-order valence-corrected chi connectivity index (χ3v) is 3.58. The Morgan fingerprint density at radius 1 is 1.17 bits per heavy atom. The van der Waals surface area contributed by atoms with E-state index in [4.69, 9.17) is 4.74 Å². The molecule has 0 bridgehead atoms. The lowest BCUT2D eigenvalue weighted by atomic mass is 9.66. The fourth-order valence-electron chi connectivity index (χ4n) is 2.64. The molecule has 1 aromatic carbocycles. The van der Waals surface area contributed by atoms with E-state index in [1.54, 1.807) is 0 Å². The first kappa shape index (κ1) is 15.0. The zero-order valence-electron chi connectivity index (χ0n) is 12.4. The third-order valence-electron chi connectivity index (χ3n) is 3.58. The Bertz CT molecular complexity index is 390. The normalized spacial score (nSPS) is 15.6. The monoisotopic (exact) mass is 250 g/mol. The highest BCUT2D eigenvalue weighted by Crippen LogP contribution is 2.47. The molecule has 0 aliphatic carbocycles. The van der Waals surface area contributed by atoms with Crippen molar-refractivity contribution in [3.8, 4) is 5.75 Å². The van der Waals surface area contributed by atoms with E-state index >= 15 is 0 Å². The maximum atomic E-state index is 11.2. The van der Waals surface area contributed by atoms with Gasteiger partial charge in [0, 0.05) is 5.56 Å². The van der Waals surface area contributed by atoms with Gasteiger partial charge in [0.15, 0.2) is 0 Å². The summed E-state index contributed by atoms with van der Waals surface area (Å²) < 4.78 is 5.67. The van der Waals surface area contributed by atoms with Crippen LogP contribution in [0.25, 0.3) is 0 Å². The van der Waals surface area contributed by atoms with Crippen molar-refractivity contribution in [2.75, 3.05) is 6.61 Å². The smallest absolute Gasteiger partial charge is 0.125 e. The Balaban J connectivity index is 3.40. The molecule has 1 N–H and O–H groups in total. The number of ether oxygens (including phenoxy) is 1. The average Bonchev–Trinajstić information content (AvgIpc) is 2.27. The summed E-state index contributed by atoms with van der Waals surface area (Å²) in [6.45, 7) is 12.9. The summed E-state index contributed by atoms with van der Waals surface area (Å²) in [5.41, 5.74) is -0.276. The Morgan fingerprint density at radius 3 is 2.17 bits per heavy atom. The third kappa shape index (κ3) is 2.54. The number of rotatable bonds is 4. The number of para-hydroxylation sites is 1. The number of benzene rings is 1. The van der Waals surface area contributed by atoms with E-state index in [1.807, 2.05) is 45.0 Å². The summed E-state index contributed by atoms with van der Waals surface area (Å²) in [7, 11) is 0. The van der Waals surface area contributed by atoms with E-state index in [2.05, 4.69) is 20.8 Å². The fourth-order valence-corrected chi connectivity index (χ4v) is 2.64. The first-order valence-corrected chi connectivity index (χ1v) is 6.69. The van der Waals surface area contributed by atoms with E-state index in [1.165, 1.54) is 0 Å². The number of hydrogen-bond donors (Lipinski definition) is 1. The largest absolute Gasteiger partial charge is 0.493 e. The van der Waals surface area contributed by atoms with Crippen molar-refractivity contribution in [3.63, 3.8) is 0 Å². The molecule has 0 saturated heterocycles.